The molecule has 0 saturated heterocycles. The van der Waals surface area contributed by atoms with Crippen LogP contribution in [0.15, 0.2) is 97.1 Å². The number of para-hydroxylation sites is 1. The topological polar surface area (TPSA) is 41.1 Å². The van der Waals surface area contributed by atoms with Crippen LogP contribution in [0.4, 0.5) is 15.8 Å². The Labute approximate surface area is 162 Å². The van der Waals surface area contributed by atoms with E-state index in [0.717, 1.165) is 16.5 Å². The lowest BCUT2D eigenvalue weighted by Crippen LogP contribution is -2.28. The Morgan fingerprint density at radius 3 is 2.18 bits per heavy atom. The van der Waals surface area contributed by atoms with Crippen molar-refractivity contribution in [2.75, 3.05) is 10.6 Å². The van der Waals surface area contributed by atoms with Gasteiger partial charge >= 0.3 is 0 Å². The monoisotopic (exact) mass is 370 g/mol. The quantitative estimate of drug-likeness (QED) is 0.468. The fraction of sp³-hybridized carbons (Fsp3) is 0.0417. The summed E-state index contributed by atoms with van der Waals surface area (Å²) in [6, 6.07) is 28.4. The van der Waals surface area contributed by atoms with Gasteiger partial charge in [-0.3, -0.25) is 4.79 Å². The van der Waals surface area contributed by atoms with E-state index in [1.54, 1.807) is 18.2 Å². The number of hydrogen-bond donors (Lipinski definition) is 2. The van der Waals surface area contributed by atoms with E-state index in [9.17, 15) is 9.18 Å². The molecule has 0 heterocycles. The van der Waals surface area contributed by atoms with E-state index in [2.05, 4.69) is 10.6 Å². The molecule has 1 atom stereocenters. The van der Waals surface area contributed by atoms with Crippen molar-refractivity contribution in [1.82, 2.24) is 0 Å². The van der Waals surface area contributed by atoms with E-state index in [4.69, 9.17) is 0 Å². The second kappa shape index (κ2) is 7.92. The van der Waals surface area contributed by atoms with E-state index in [-0.39, 0.29) is 5.91 Å². The predicted molar refractivity (Wildman–Crippen MR) is 112 cm³/mol. The Morgan fingerprint density at radius 1 is 0.714 bits per heavy atom. The maximum atomic E-state index is 14.4. The first-order chi connectivity index (χ1) is 13.7. The standard InChI is InChI=1S/C24H19FN2O/c25-22-13-7-6-12-21(22)23(26-19-10-2-1-3-11-19)24(28)27-20-15-14-17-8-4-5-9-18(17)16-20/h1-16,23,26H,(H,27,28). The maximum absolute atomic E-state index is 14.4. The minimum Gasteiger partial charge on any atom is -0.370 e. The summed E-state index contributed by atoms with van der Waals surface area (Å²) in [5.41, 5.74) is 1.70. The molecule has 0 aliphatic heterocycles. The SMILES string of the molecule is O=C(Nc1ccc2ccccc2c1)C(Nc1ccccc1)c1ccccc1F. The van der Waals surface area contributed by atoms with E-state index >= 15 is 0 Å². The number of nitrogens with one attached hydrogen (secondary N) is 2. The van der Waals surface area contributed by atoms with Gasteiger partial charge in [0.2, 0.25) is 0 Å². The summed E-state index contributed by atoms with van der Waals surface area (Å²) in [6.07, 6.45) is 0. The Balaban J connectivity index is 1.64. The van der Waals surface area contributed by atoms with E-state index < -0.39 is 11.9 Å². The number of carbonyl (C=O) groups is 1. The summed E-state index contributed by atoms with van der Waals surface area (Å²) >= 11 is 0. The fourth-order valence-corrected chi connectivity index (χ4v) is 3.18. The highest BCUT2D eigenvalue weighted by Crippen LogP contribution is 2.25. The summed E-state index contributed by atoms with van der Waals surface area (Å²) in [7, 11) is 0. The average Bonchev–Trinajstić information content (AvgIpc) is 2.73. The number of amides is 1. The lowest BCUT2D eigenvalue weighted by Gasteiger charge is -2.20. The van der Waals surface area contributed by atoms with Gasteiger partial charge in [-0.15, -0.1) is 0 Å². The van der Waals surface area contributed by atoms with Crippen LogP contribution in [0.2, 0.25) is 0 Å². The van der Waals surface area contributed by atoms with Gasteiger partial charge in [-0.25, -0.2) is 4.39 Å². The Bertz CT molecular complexity index is 1110. The number of anilines is 2. The van der Waals surface area contributed by atoms with Crippen molar-refractivity contribution in [3.8, 4) is 0 Å². The van der Waals surface area contributed by atoms with Crippen molar-refractivity contribution in [3.63, 3.8) is 0 Å². The molecule has 138 valence electrons. The highest BCUT2D eigenvalue weighted by Gasteiger charge is 2.23. The zero-order valence-electron chi connectivity index (χ0n) is 15.1. The molecule has 0 aromatic heterocycles. The van der Waals surface area contributed by atoms with Crippen LogP contribution in [0.1, 0.15) is 11.6 Å². The Kier molecular flexibility index (Phi) is 5.02. The van der Waals surface area contributed by atoms with Crippen LogP contribution in [0.25, 0.3) is 10.8 Å². The molecule has 1 unspecified atom stereocenters. The lowest BCUT2D eigenvalue weighted by molar-refractivity contribution is -0.117. The van der Waals surface area contributed by atoms with Crippen LogP contribution in [-0.4, -0.2) is 5.91 Å². The van der Waals surface area contributed by atoms with E-state index in [0.29, 0.717) is 11.3 Å². The number of fused-ring (bicyclic) bond motifs is 1. The van der Waals surface area contributed by atoms with Crippen LogP contribution in [0.3, 0.4) is 0 Å². The smallest absolute Gasteiger partial charge is 0.251 e. The zero-order valence-corrected chi connectivity index (χ0v) is 15.1. The van der Waals surface area contributed by atoms with Gasteiger partial charge in [0.15, 0.2) is 0 Å². The number of benzene rings is 4. The molecule has 0 spiro atoms. The molecule has 0 saturated carbocycles. The molecule has 4 aromatic rings. The van der Waals surface area contributed by atoms with Crippen molar-refractivity contribution < 1.29 is 9.18 Å². The molecule has 0 bridgehead atoms. The first-order valence-corrected chi connectivity index (χ1v) is 9.06. The fourth-order valence-electron chi connectivity index (χ4n) is 3.18. The molecular weight excluding hydrogens is 351 g/mol. The van der Waals surface area contributed by atoms with E-state index in [1.165, 1.54) is 6.07 Å². The molecule has 0 aliphatic rings. The van der Waals surface area contributed by atoms with Crippen molar-refractivity contribution in [2.24, 2.45) is 0 Å². The molecular formula is C24H19FN2O. The Hall–Kier alpha value is -3.66. The zero-order chi connectivity index (χ0) is 19.3. The molecule has 28 heavy (non-hydrogen) atoms. The van der Waals surface area contributed by atoms with Gasteiger partial charge in [-0.1, -0.05) is 66.7 Å². The Morgan fingerprint density at radius 2 is 1.39 bits per heavy atom. The second-order valence-electron chi connectivity index (χ2n) is 6.52. The third-order valence-corrected chi connectivity index (χ3v) is 4.58. The molecule has 4 heteroatoms. The van der Waals surface area contributed by atoms with Gasteiger partial charge in [-0.05, 0) is 41.1 Å². The second-order valence-corrected chi connectivity index (χ2v) is 6.52. The summed E-state index contributed by atoms with van der Waals surface area (Å²) in [5.74, 6) is -0.756. The van der Waals surface area contributed by atoms with Gasteiger partial charge in [0.05, 0.1) is 0 Å². The lowest BCUT2D eigenvalue weighted by atomic mass is 10.0. The molecule has 2 N–H and O–H groups in total. The maximum Gasteiger partial charge on any atom is 0.251 e. The van der Waals surface area contributed by atoms with Crippen LogP contribution in [-0.2, 0) is 4.79 Å². The summed E-state index contributed by atoms with van der Waals surface area (Å²) in [4.78, 5) is 13.1. The predicted octanol–water partition coefficient (Wildman–Crippen LogP) is 5.77. The molecule has 3 nitrogen and oxygen atoms in total. The highest BCUT2D eigenvalue weighted by atomic mass is 19.1. The van der Waals surface area contributed by atoms with Crippen molar-refractivity contribution in [3.05, 3.63) is 108 Å². The number of carbonyl (C=O) groups excluding carboxylic acids is 1. The van der Waals surface area contributed by atoms with Gasteiger partial charge in [0, 0.05) is 16.9 Å². The minimum atomic E-state index is -0.866. The van der Waals surface area contributed by atoms with Crippen molar-refractivity contribution >= 4 is 28.1 Å². The molecule has 0 radical (unpaired) electrons. The third kappa shape index (κ3) is 3.86. The van der Waals surface area contributed by atoms with Crippen LogP contribution in [0, 0.1) is 5.82 Å². The highest BCUT2D eigenvalue weighted by molar-refractivity contribution is 5.99. The minimum absolute atomic E-state index is 0.296. The molecule has 4 aromatic carbocycles. The number of rotatable bonds is 5. The van der Waals surface area contributed by atoms with Crippen molar-refractivity contribution in [1.29, 1.82) is 0 Å². The number of hydrogen-bond acceptors (Lipinski definition) is 2. The van der Waals surface area contributed by atoms with Gasteiger partial charge in [-0.2, -0.15) is 0 Å². The number of halogens is 1. The molecule has 4 rings (SSSR count). The normalized spacial score (nSPS) is 11.8. The molecule has 0 aliphatic carbocycles. The van der Waals surface area contributed by atoms with Crippen LogP contribution in [0.5, 0.6) is 0 Å². The van der Waals surface area contributed by atoms with Crippen LogP contribution < -0.4 is 10.6 Å². The summed E-state index contributed by atoms with van der Waals surface area (Å²) in [6.45, 7) is 0. The summed E-state index contributed by atoms with van der Waals surface area (Å²) in [5, 5.41) is 8.17. The van der Waals surface area contributed by atoms with Gasteiger partial charge in [0.25, 0.3) is 5.91 Å². The first-order valence-electron chi connectivity index (χ1n) is 9.06. The average molecular weight is 370 g/mol. The summed E-state index contributed by atoms with van der Waals surface area (Å²) < 4.78 is 14.4. The third-order valence-electron chi connectivity index (χ3n) is 4.58. The van der Waals surface area contributed by atoms with Gasteiger partial charge < -0.3 is 10.6 Å². The molecule has 0 fully saturated rings. The largest absolute Gasteiger partial charge is 0.370 e. The van der Waals surface area contributed by atoms with Crippen LogP contribution >= 0.6 is 0 Å². The first kappa shape index (κ1) is 17.7. The van der Waals surface area contributed by atoms with E-state index in [1.807, 2.05) is 72.8 Å². The van der Waals surface area contributed by atoms with Gasteiger partial charge in [0.1, 0.15) is 11.9 Å². The molecule has 1 amide bonds. The van der Waals surface area contributed by atoms with Crippen molar-refractivity contribution in [2.45, 2.75) is 6.04 Å².